The fraction of sp³-hybridized carbons (Fsp3) is 0.524. The van der Waals surface area contributed by atoms with Crippen LogP contribution < -0.4 is 10.5 Å². The number of hydrogen-bond donors (Lipinski definition) is 1. The molecule has 0 bridgehead atoms. The van der Waals surface area contributed by atoms with Gasteiger partial charge in [0.05, 0.1) is 12.7 Å². The quantitative estimate of drug-likeness (QED) is 0.594. The maximum atomic E-state index is 14.8. The van der Waals surface area contributed by atoms with Crippen molar-refractivity contribution in [3.63, 3.8) is 0 Å². The van der Waals surface area contributed by atoms with E-state index in [1.165, 1.54) is 34.2 Å². The number of hydrogen-bond acceptors (Lipinski definition) is 8. The van der Waals surface area contributed by atoms with Crippen LogP contribution in [0, 0.1) is 0 Å². The second kappa shape index (κ2) is 10.8. The number of aromatic nitrogens is 3. The lowest BCUT2D eigenvalue weighted by Crippen LogP contribution is -2.50. The first-order chi connectivity index (χ1) is 15.7. The third-order valence-corrected chi connectivity index (χ3v) is 5.58. The highest BCUT2D eigenvalue weighted by Crippen LogP contribution is 2.27. The average Bonchev–Trinajstić information content (AvgIpc) is 3.14. The van der Waals surface area contributed by atoms with Crippen LogP contribution in [0.2, 0.25) is 0 Å². The summed E-state index contributed by atoms with van der Waals surface area (Å²) in [5.41, 5.74) is 5.70. The van der Waals surface area contributed by atoms with Crippen molar-refractivity contribution in [2.24, 2.45) is 5.73 Å². The van der Waals surface area contributed by atoms with E-state index in [0.29, 0.717) is 11.1 Å². The van der Waals surface area contributed by atoms with Crippen LogP contribution in [0.15, 0.2) is 24.7 Å². The zero-order valence-electron chi connectivity index (χ0n) is 19.8. The Morgan fingerprint density at radius 3 is 2.51 bits per heavy atom. The standard InChI is InChI=1S/C21H28FN5O6S.ClH/c1-21(2,3)33-20(29)26-6-5-17(16(22)11-26)32-19-15(18(23)28)7-13(8-24-19)14-9-25-27(10-14)12-34(4,30)31;/h7-10,16-17H,5-6,11-12H2,1-4H3,(H2,23,28);1H/t16-,17-;/m0./s1. The van der Waals surface area contributed by atoms with Crippen LogP contribution >= 0.6 is 12.4 Å². The first-order valence-corrected chi connectivity index (χ1v) is 12.6. The molecule has 1 aliphatic heterocycles. The van der Waals surface area contributed by atoms with E-state index < -0.39 is 39.7 Å². The van der Waals surface area contributed by atoms with E-state index in [2.05, 4.69) is 10.1 Å². The number of nitrogens with two attached hydrogens (primary N) is 1. The number of halogens is 2. The molecule has 35 heavy (non-hydrogen) atoms. The highest BCUT2D eigenvalue weighted by molar-refractivity contribution is 7.89. The Bertz CT molecular complexity index is 1180. The summed E-state index contributed by atoms with van der Waals surface area (Å²) in [5, 5.41) is 3.99. The maximum absolute atomic E-state index is 14.8. The number of sulfone groups is 1. The van der Waals surface area contributed by atoms with Crippen molar-refractivity contribution >= 4 is 34.2 Å². The molecule has 3 rings (SSSR count). The van der Waals surface area contributed by atoms with Crippen molar-refractivity contribution < 1.29 is 31.9 Å². The highest BCUT2D eigenvalue weighted by Gasteiger charge is 2.35. The molecule has 0 unspecified atom stereocenters. The first kappa shape index (κ1) is 28.3. The van der Waals surface area contributed by atoms with Gasteiger partial charge in [-0.15, -0.1) is 12.4 Å². The fourth-order valence-electron chi connectivity index (χ4n) is 3.36. The highest BCUT2D eigenvalue weighted by atomic mass is 35.5. The summed E-state index contributed by atoms with van der Waals surface area (Å²) in [5.74, 6) is -1.25. The van der Waals surface area contributed by atoms with Gasteiger partial charge in [-0.3, -0.25) is 9.48 Å². The molecule has 0 aromatic carbocycles. The number of amides is 2. The molecule has 0 radical (unpaired) electrons. The number of alkyl halides is 1. The number of primary amides is 1. The van der Waals surface area contributed by atoms with E-state index in [0.717, 1.165) is 6.26 Å². The second-order valence-corrected chi connectivity index (χ2v) is 11.3. The van der Waals surface area contributed by atoms with Gasteiger partial charge in [0.2, 0.25) is 5.88 Å². The molecule has 0 spiro atoms. The molecule has 0 saturated carbocycles. The van der Waals surface area contributed by atoms with Crippen molar-refractivity contribution in [2.45, 2.75) is 50.9 Å². The minimum absolute atomic E-state index is 0. The van der Waals surface area contributed by atoms with Crippen LogP contribution in [0.5, 0.6) is 5.88 Å². The van der Waals surface area contributed by atoms with Crippen molar-refractivity contribution in [3.05, 3.63) is 30.2 Å². The fourth-order valence-corrected chi connectivity index (χ4v) is 3.98. The van der Waals surface area contributed by atoms with Crippen LogP contribution in [-0.2, 0) is 20.5 Å². The Labute approximate surface area is 209 Å². The predicted octanol–water partition coefficient (Wildman–Crippen LogP) is 2.19. The molecule has 3 heterocycles. The van der Waals surface area contributed by atoms with Gasteiger partial charge in [-0.25, -0.2) is 22.6 Å². The molecule has 1 fully saturated rings. The average molecular weight is 534 g/mol. The molecule has 1 aliphatic rings. The van der Waals surface area contributed by atoms with Gasteiger partial charge in [-0.1, -0.05) is 0 Å². The lowest BCUT2D eigenvalue weighted by atomic mass is 10.1. The monoisotopic (exact) mass is 533 g/mol. The van der Waals surface area contributed by atoms with E-state index in [-0.39, 0.29) is 49.2 Å². The minimum Gasteiger partial charge on any atom is -0.471 e. The Hall–Kier alpha value is -2.93. The van der Waals surface area contributed by atoms with E-state index in [4.69, 9.17) is 15.2 Å². The topological polar surface area (TPSA) is 147 Å². The van der Waals surface area contributed by atoms with E-state index >= 15 is 0 Å². The molecule has 11 nitrogen and oxygen atoms in total. The molecular weight excluding hydrogens is 505 g/mol. The van der Waals surface area contributed by atoms with Crippen LogP contribution in [0.4, 0.5) is 9.18 Å². The number of nitrogens with zero attached hydrogens (tertiary/aromatic N) is 4. The Balaban J connectivity index is 0.00000432. The molecule has 14 heteroatoms. The van der Waals surface area contributed by atoms with Gasteiger partial charge in [0.1, 0.15) is 23.1 Å². The molecule has 2 aromatic heterocycles. The van der Waals surface area contributed by atoms with Gasteiger partial charge in [0.25, 0.3) is 5.91 Å². The number of carbonyl (C=O) groups is 2. The first-order valence-electron chi connectivity index (χ1n) is 10.5. The summed E-state index contributed by atoms with van der Waals surface area (Å²) in [6.07, 6.45) is 2.50. The number of rotatable bonds is 6. The molecule has 2 N–H and O–H groups in total. The second-order valence-electron chi connectivity index (χ2n) is 9.15. The molecule has 2 amide bonds. The van der Waals surface area contributed by atoms with Crippen LogP contribution in [0.25, 0.3) is 11.1 Å². The Morgan fingerprint density at radius 2 is 1.94 bits per heavy atom. The summed E-state index contributed by atoms with van der Waals surface area (Å²) in [6.45, 7) is 5.17. The van der Waals surface area contributed by atoms with Crippen molar-refractivity contribution in [1.29, 1.82) is 0 Å². The van der Waals surface area contributed by atoms with Crippen LogP contribution in [0.3, 0.4) is 0 Å². The number of pyridine rings is 1. The van der Waals surface area contributed by atoms with E-state index in [9.17, 15) is 22.4 Å². The van der Waals surface area contributed by atoms with E-state index in [1.54, 1.807) is 20.8 Å². The van der Waals surface area contributed by atoms with Crippen LogP contribution in [-0.4, -0.2) is 77.3 Å². The molecule has 0 aliphatic carbocycles. The van der Waals surface area contributed by atoms with Crippen molar-refractivity contribution in [2.75, 3.05) is 19.3 Å². The van der Waals surface area contributed by atoms with Crippen molar-refractivity contribution in [1.82, 2.24) is 19.7 Å². The van der Waals surface area contributed by atoms with Gasteiger partial charge < -0.3 is 20.1 Å². The summed E-state index contributed by atoms with van der Waals surface area (Å²) in [4.78, 5) is 29.6. The SMILES string of the molecule is CC(C)(C)OC(=O)N1CC[C@H](Oc2ncc(-c3cnn(CS(C)(=O)=O)c3)cc2C(N)=O)[C@@H](F)C1.Cl. The van der Waals surface area contributed by atoms with Gasteiger partial charge in [-0.05, 0) is 26.8 Å². The number of ether oxygens (including phenoxy) is 2. The summed E-state index contributed by atoms with van der Waals surface area (Å²) in [7, 11) is -3.29. The Morgan fingerprint density at radius 1 is 1.26 bits per heavy atom. The molecule has 2 aromatic rings. The molecule has 194 valence electrons. The smallest absolute Gasteiger partial charge is 0.410 e. The lowest BCUT2D eigenvalue weighted by molar-refractivity contribution is -0.0115. The van der Waals surface area contributed by atoms with Gasteiger partial charge in [-0.2, -0.15) is 5.10 Å². The summed E-state index contributed by atoms with van der Waals surface area (Å²) < 4.78 is 49.9. The van der Waals surface area contributed by atoms with Gasteiger partial charge in [0, 0.05) is 42.7 Å². The number of carbonyl (C=O) groups excluding carboxylic acids is 2. The molecule has 1 saturated heterocycles. The van der Waals surface area contributed by atoms with E-state index in [1.807, 2.05) is 0 Å². The summed E-state index contributed by atoms with van der Waals surface area (Å²) >= 11 is 0. The number of piperidine rings is 1. The number of likely N-dealkylation sites (tertiary alicyclic amines) is 1. The minimum atomic E-state index is -3.29. The van der Waals surface area contributed by atoms with Gasteiger partial charge >= 0.3 is 6.09 Å². The summed E-state index contributed by atoms with van der Waals surface area (Å²) in [6, 6.07) is 1.43. The third kappa shape index (κ3) is 7.79. The molecular formula is C21H29ClFN5O6S. The van der Waals surface area contributed by atoms with Crippen molar-refractivity contribution in [3.8, 4) is 17.0 Å². The molecule has 2 atom stereocenters. The maximum Gasteiger partial charge on any atom is 0.410 e. The normalized spacial score (nSPS) is 18.5. The predicted molar refractivity (Wildman–Crippen MR) is 128 cm³/mol. The third-order valence-electron chi connectivity index (χ3n) is 4.85. The van der Waals surface area contributed by atoms with Gasteiger partial charge in [0.15, 0.2) is 16.0 Å². The zero-order valence-corrected chi connectivity index (χ0v) is 21.4. The zero-order chi connectivity index (χ0) is 25.3. The van der Waals surface area contributed by atoms with Crippen LogP contribution in [0.1, 0.15) is 37.6 Å². The lowest BCUT2D eigenvalue weighted by Gasteiger charge is -2.35. The Kier molecular flexibility index (Phi) is 8.71. The largest absolute Gasteiger partial charge is 0.471 e.